The predicted molar refractivity (Wildman–Crippen MR) is 103 cm³/mol. The van der Waals surface area contributed by atoms with Gasteiger partial charge >= 0.3 is 12.0 Å². The van der Waals surface area contributed by atoms with Crippen molar-refractivity contribution in [3.05, 3.63) is 54.1 Å². The first-order valence-corrected chi connectivity index (χ1v) is 9.06. The number of carbonyl (C=O) groups is 2. The highest BCUT2D eigenvalue weighted by molar-refractivity contribution is 5.75. The molecule has 0 aromatic heterocycles. The van der Waals surface area contributed by atoms with E-state index >= 15 is 0 Å². The third kappa shape index (κ3) is 4.78. The Morgan fingerprint density at radius 2 is 1.59 bits per heavy atom. The largest absolute Gasteiger partial charge is 0.497 e. The number of methoxy groups -OCH3 is 1. The van der Waals surface area contributed by atoms with Crippen molar-refractivity contribution in [1.29, 1.82) is 0 Å². The number of amides is 2. The number of piperidine rings is 1. The highest BCUT2D eigenvalue weighted by Gasteiger charge is 2.26. The number of carboxylic acid groups (broad SMARTS) is 1. The lowest BCUT2D eigenvalue weighted by Gasteiger charge is -2.30. The van der Waals surface area contributed by atoms with E-state index in [9.17, 15) is 9.59 Å². The summed E-state index contributed by atoms with van der Waals surface area (Å²) in [6, 6.07) is 15.8. The molecule has 3 rings (SSSR count). The van der Waals surface area contributed by atoms with Crippen molar-refractivity contribution in [2.75, 3.05) is 20.2 Å². The number of carboxylic acids is 1. The number of rotatable bonds is 5. The molecule has 2 N–H and O–H groups in total. The van der Waals surface area contributed by atoms with Crippen molar-refractivity contribution >= 4 is 12.0 Å². The molecule has 2 amide bonds. The molecule has 0 unspecified atom stereocenters. The second kappa shape index (κ2) is 8.58. The monoisotopic (exact) mass is 368 g/mol. The van der Waals surface area contributed by atoms with Crippen LogP contribution in [0.3, 0.4) is 0 Å². The lowest BCUT2D eigenvalue weighted by atomic mass is 9.97. The minimum absolute atomic E-state index is 0.141. The molecular formula is C21H24N2O4. The second-order valence-corrected chi connectivity index (χ2v) is 6.68. The number of hydrogen-bond donors (Lipinski definition) is 2. The van der Waals surface area contributed by atoms with Gasteiger partial charge in [0.05, 0.1) is 13.0 Å². The Kier molecular flexibility index (Phi) is 5.96. The average Bonchev–Trinajstić information content (AvgIpc) is 2.72. The van der Waals surface area contributed by atoms with Crippen LogP contribution in [-0.4, -0.2) is 42.2 Å². The second-order valence-electron chi connectivity index (χ2n) is 6.68. The molecule has 1 saturated heterocycles. The minimum atomic E-state index is -0.771. The molecule has 0 radical (unpaired) electrons. The first kappa shape index (κ1) is 18.8. The fourth-order valence-corrected chi connectivity index (χ4v) is 3.22. The molecule has 1 fully saturated rings. The zero-order valence-corrected chi connectivity index (χ0v) is 15.4. The van der Waals surface area contributed by atoms with Crippen molar-refractivity contribution in [3.8, 4) is 16.9 Å². The van der Waals surface area contributed by atoms with E-state index in [1.807, 2.05) is 48.5 Å². The fraction of sp³-hybridized carbons (Fsp3) is 0.333. The molecule has 1 aliphatic rings. The summed E-state index contributed by atoms with van der Waals surface area (Å²) in [4.78, 5) is 24.9. The minimum Gasteiger partial charge on any atom is -0.497 e. The highest BCUT2D eigenvalue weighted by atomic mass is 16.5. The Labute approximate surface area is 158 Å². The standard InChI is InChI=1S/C21H24N2O4/c1-27-19-8-6-17(7-9-19)16-4-2-15(3-5-16)14-22-21(26)23-12-10-18(11-13-23)20(24)25/h2-9,18H,10-14H2,1H3,(H,22,26)(H,24,25). The topological polar surface area (TPSA) is 78.9 Å². The van der Waals surface area contributed by atoms with Gasteiger partial charge in [-0.05, 0) is 41.7 Å². The maximum absolute atomic E-state index is 12.3. The summed E-state index contributed by atoms with van der Waals surface area (Å²) in [7, 11) is 1.65. The van der Waals surface area contributed by atoms with Crippen molar-refractivity contribution in [2.24, 2.45) is 5.92 Å². The van der Waals surface area contributed by atoms with Crippen LogP contribution in [0.5, 0.6) is 5.75 Å². The quantitative estimate of drug-likeness (QED) is 0.848. The SMILES string of the molecule is COc1ccc(-c2ccc(CNC(=O)N3CCC(C(=O)O)CC3)cc2)cc1. The molecule has 6 heteroatoms. The van der Waals surface area contributed by atoms with E-state index in [4.69, 9.17) is 9.84 Å². The third-order valence-corrected chi connectivity index (χ3v) is 4.95. The molecule has 1 heterocycles. The van der Waals surface area contributed by atoms with Crippen LogP contribution in [0, 0.1) is 5.92 Å². The van der Waals surface area contributed by atoms with Crippen LogP contribution >= 0.6 is 0 Å². The molecule has 6 nitrogen and oxygen atoms in total. The van der Waals surface area contributed by atoms with Crippen molar-refractivity contribution in [2.45, 2.75) is 19.4 Å². The zero-order valence-electron chi connectivity index (χ0n) is 15.4. The summed E-state index contributed by atoms with van der Waals surface area (Å²) in [6.07, 6.45) is 1.03. The van der Waals surface area contributed by atoms with Gasteiger partial charge in [-0.1, -0.05) is 36.4 Å². The van der Waals surface area contributed by atoms with Gasteiger partial charge in [-0.25, -0.2) is 4.79 Å². The summed E-state index contributed by atoms with van der Waals surface area (Å²) >= 11 is 0. The molecule has 142 valence electrons. The maximum atomic E-state index is 12.3. The normalized spacial score (nSPS) is 14.6. The number of urea groups is 1. The number of carbonyl (C=O) groups excluding carboxylic acids is 1. The van der Waals surface area contributed by atoms with Gasteiger partial charge in [0.15, 0.2) is 0 Å². The summed E-state index contributed by atoms with van der Waals surface area (Å²) in [5, 5.41) is 11.9. The summed E-state index contributed by atoms with van der Waals surface area (Å²) < 4.78 is 5.17. The number of nitrogens with zero attached hydrogens (tertiary/aromatic N) is 1. The fourth-order valence-electron chi connectivity index (χ4n) is 3.22. The van der Waals surface area contributed by atoms with Crippen LogP contribution < -0.4 is 10.1 Å². The van der Waals surface area contributed by atoms with Crippen LogP contribution in [0.4, 0.5) is 4.79 Å². The van der Waals surface area contributed by atoms with Crippen LogP contribution in [-0.2, 0) is 11.3 Å². The Morgan fingerprint density at radius 3 is 2.11 bits per heavy atom. The van der Waals surface area contributed by atoms with Gasteiger partial charge in [0.2, 0.25) is 0 Å². The molecule has 2 aromatic carbocycles. The Bertz CT molecular complexity index is 779. The number of hydrogen-bond acceptors (Lipinski definition) is 3. The number of aliphatic carboxylic acids is 1. The van der Waals surface area contributed by atoms with Crippen LogP contribution in [0.2, 0.25) is 0 Å². The number of ether oxygens (including phenoxy) is 1. The van der Waals surface area contributed by atoms with E-state index < -0.39 is 5.97 Å². The van der Waals surface area contributed by atoms with Crippen molar-refractivity contribution in [3.63, 3.8) is 0 Å². The predicted octanol–water partition coefficient (Wildman–Crippen LogP) is 3.37. The smallest absolute Gasteiger partial charge is 0.317 e. The van der Waals surface area contributed by atoms with Gasteiger partial charge in [-0.15, -0.1) is 0 Å². The number of likely N-dealkylation sites (tertiary alicyclic amines) is 1. The van der Waals surface area contributed by atoms with E-state index in [0.717, 1.165) is 22.4 Å². The van der Waals surface area contributed by atoms with E-state index in [2.05, 4.69) is 5.32 Å². The summed E-state index contributed by atoms with van der Waals surface area (Å²) in [5.41, 5.74) is 3.22. The average molecular weight is 368 g/mol. The van der Waals surface area contributed by atoms with Crippen molar-refractivity contribution < 1.29 is 19.4 Å². The van der Waals surface area contributed by atoms with Gasteiger partial charge in [-0.2, -0.15) is 0 Å². The Hall–Kier alpha value is -3.02. The van der Waals surface area contributed by atoms with Crippen LogP contribution in [0.25, 0.3) is 11.1 Å². The van der Waals surface area contributed by atoms with Gasteiger partial charge < -0.3 is 20.1 Å². The Balaban J connectivity index is 1.51. The Morgan fingerprint density at radius 1 is 1.04 bits per heavy atom. The summed E-state index contributed by atoms with van der Waals surface area (Å²) in [5.74, 6) is -0.281. The molecule has 0 saturated carbocycles. The third-order valence-electron chi connectivity index (χ3n) is 4.95. The lowest BCUT2D eigenvalue weighted by molar-refractivity contribution is -0.143. The van der Waals surface area contributed by atoms with Gasteiger partial charge in [0.25, 0.3) is 0 Å². The van der Waals surface area contributed by atoms with E-state index in [1.165, 1.54) is 0 Å². The molecule has 1 aliphatic heterocycles. The first-order chi connectivity index (χ1) is 13.1. The maximum Gasteiger partial charge on any atom is 0.317 e. The van der Waals surface area contributed by atoms with Crippen molar-refractivity contribution in [1.82, 2.24) is 10.2 Å². The van der Waals surface area contributed by atoms with E-state index in [1.54, 1.807) is 12.0 Å². The molecule has 0 atom stereocenters. The molecule has 2 aromatic rings. The zero-order chi connectivity index (χ0) is 19.2. The molecule has 0 spiro atoms. The van der Waals surface area contributed by atoms with Gasteiger partial charge in [0.1, 0.15) is 5.75 Å². The number of benzene rings is 2. The van der Waals surface area contributed by atoms with Crippen LogP contribution in [0.1, 0.15) is 18.4 Å². The first-order valence-electron chi connectivity index (χ1n) is 9.06. The van der Waals surface area contributed by atoms with E-state index in [0.29, 0.717) is 32.5 Å². The van der Waals surface area contributed by atoms with Gasteiger partial charge in [0, 0.05) is 19.6 Å². The molecular weight excluding hydrogens is 344 g/mol. The lowest BCUT2D eigenvalue weighted by Crippen LogP contribution is -2.45. The van der Waals surface area contributed by atoms with Gasteiger partial charge in [-0.3, -0.25) is 4.79 Å². The van der Waals surface area contributed by atoms with Crippen LogP contribution in [0.15, 0.2) is 48.5 Å². The molecule has 27 heavy (non-hydrogen) atoms. The molecule has 0 aliphatic carbocycles. The summed E-state index contributed by atoms with van der Waals surface area (Å²) in [6.45, 7) is 1.42. The van der Waals surface area contributed by atoms with E-state index in [-0.39, 0.29) is 11.9 Å². The molecule has 0 bridgehead atoms. The highest BCUT2D eigenvalue weighted by Crippen LogP contribution is 2.23. The number of nitrogens with one attached hydrogen (secondary N) is 1.